The lowest BCUT2D eigenvalue weighted by Gasteiger charge is -2.47. The van der Waals surface area contributed by atoms with Crippen molar-refractivity contribution in [3.63, 3.8) is 0 Å². The molecule has 0 saturated carbocycles. The Hall–Kier alpha value is -0.340. The molecule has 0 aromatic heterocycles. The smallest absolute Gasteiger partial charge is 0.387 e. The van der Waals surface area contributed by atoms with E-state index >= 15 is 0 Å². The molecule has 1 fully saturated rings. The molecule has 0 aromatic rings. The van der Waals surface area contributed by atoms with Crippen molar-refractivity contribution in [2.75, 3.05) is 13.1 Å². The summed E-state index contributed by atoms with van der Waals surface area (Å²) < 4.78 is 58.1. The van der Waals surface area contributed by atoms with Crippen molar-refractivity contribution in [1.82, 2.24) is 4.31 Å². The van der Waals surface area contributed by atoms with E-state index in [4.69, 9.17) is 0 Å². The van der Waals surface area contributed by atoms with Crippen molar-refractivity contribution in [3.8, 4) is 0 Å². The summed E-state index contributed by atoms with van der Waals surface area (Å²) in [6.07, 6.45) is 0. The molecule has 1 rings (SSSR count). The number of alkyl halides is 3. The zero-order chi connectivity index (χ0) is 12.1. The van der Waals surface area contributed by atoms with Crippen LogP contribution in [0, 0.1) is 5.92 Å². The van der Waals surface area contributed by atoms with Crippen LogP contribution in [0.25, 0.3) is 0 Å². The maximum atomic E-state index is 12.0. The van der Waals surface area contributed by atoms with Gasteiger partial charge in [-0.25, -0.2) is 8.42 Å². The molecule has 0 bridgehead atoms. The fourth-order valence-corrected chi connectivity index (χ4v) is 2.33. The summed E-state index contributed by atoms with van der Waals surface area (Å²) >= 11 is 0. The fraction of sp³-hybridized carbons (Fsp3) is 1.00. The lowest BCUT2D eigenvalue weighted by Crippen LogP contribution is -2.67. The van der Waals surface area contributed by atoms with Crippen LogP contribution in [0.15, 0.2) is 0 Å². The number of hydrogen-bond donors (Lipinski definition) is 1. The van der Waals surface area contributed by atoms with E-state index < -0.39 is 34.2 Å². The van der Waals surface area contributed by atoms with Gasteiger partial charge in [-0.3, -0.25) is 0 Å². The van der Waals surface area contributed by atoms with E-state index in [0.29, 0.717) is 0 Å². The topological polar surface area (TPSA) is 57.6 Å². The van der Waals surface area contributed by atoms with E-state index in [9.17, 15) is 26.7 Å². The van der Waals surface area contributed by atoms with E-state index in [1.54, 1.807) is 13.8 Å². The summed E-state index contributed by atoms with van der Waals surface area (Å²) in [4.78, 5) is 0. The lowest BCUT2D eigenvalue weighted by atomic mass is 9.85. The molecule has 1 saturated heterocycles. The number of sulfonamides is 1. The maximum absolute atomic E-state index is 12.0. The first-order valence-electron chi connectivity index (χ1n) is 4.29. The zero-order valence-electron chi connectivity index (χ0n) is 8.24. The Bertz CT molecular complexity index is 343. The van der Waals surface area contributed by atoms with E-state index in [0.717, 1.165) is 0 Å². The molecule has 0 aliphatic carbocycles. The maximum Gasteiger partial charge on any atom is 0.511 e. The van der Waals surface area contributed by atoms with Gasteiger partial charge in [0.25, 0.3) is 0 Å². The number of hydrogen-bond acceptors (Lipinski definition) is 3. The standard InChI is InChI=1S/C7H12F3NO3S/c1-5(2)6(12)3-11(4-6)15(13,14)7(8,9)10/h5,12H,3-4H2,1-2H3. The van der Waals surface area contributed by atoms with Gasteiger partial charge in [-0.05, 0) is 5.92 Å². The van der Waals surface area contributed by atoms with Crippen LogP contribution in [0.4, 0.5) is 13.2 Å². The van der Waals surface area contributed by atoms with Gasteiger partial charge in [-0.2, -0.15) is 17.5 Å². The first-order chi connectivity index (χ1) is 6.51. The molecular weight excluding hydrogens is 235 g/mol. The molecule has 0 amide bonds. The van der Waals surface area contributed by atoms with Gasteiger partial charge in [-0.1, -0.05) is 13.8 Å². The number of rotatable bonds is 2. The van der Waals surface area contributed by atoms with Gasteiger partial charge in [0.15, 0.2) is 0 Å². The third-order valence-electron chi connectivity index (χ3n) is 2.61. The van der Waals surface area contributed by atoms with E-state index in [2.05, 4.69) is 0 Å². The summed E-state index contributed by atoms with van der Waals surface area (Å²) in [5.41, 5.74) is -6.62. The highest BCUT2D eigenvalue weighted by Crippen LogP contribution is 2.36. The number of β-amino-alcohol motifs (C(OH)–C–C–N with tert-alkyl or cyclic N) is 1. The van der Waals surface area contributed by atoms with Crippen LogP contribution in [-0.4, -0.2) is 42.0 Å². The molecule has 0 radical (unpaired) electrons. The largest absolute Gasteiger partial charge is 0.511 e. The number of halogens is 3. The minimum atomic E-state index is -5.29. The highest BCUT2D eigenvalue weighted by Gasteiger charge is 2.58. The predicted octanol–water partition coefficient (Wildman–Crippen LogP) is 0.539. The molecule has 1 N–H and O–H groups in total. The van der Waals surface area contributed by atoms with Crippen molar-refractivity contribution in [2.45, 2.75) is 25.0 Å². The molecular formula is C7H12F3NO3S. The van der Waals surface area contributed by atoms with E-state index in [1.807, 2.05) is 0 Å². The molecule has 0 aromatic carbocycles. The highest BCUT2D eigenvalue weighted by molar-refractivity contribution is 7.90. The van der Waals surface area contributed by atoms with Crippen LogP contribution in [0.1, 0.15) is 13.8 Å². The van der Waals surface area contributed by atoms with Crippen LogP contribution in [0.5, 0.6) is 0 Å². The van der Waals surface area contributed by atoms with Gasteiger partial charge < -0.3 is 5.11 Å². The summed E-state index contributed by atoms with van der Waals surface area (Å²) in [5.74, 6) is -0.280. The molecule has 15 heavy (non-hydrogen) atoms. The SMILES string of the molecule is CC(C)C1(O)CN(S(=O)(=O)C(F)(F)F)C1. The van der Waals surface area contributed by atoms with Crippen molar-refractivity contribution in [3.05, 3.63) is 0 Å². The van der Waals surface area contributed by atoms with Crippen LogP contribution in [0.3, 0.4) is 0 Å². The average Bonchev–Trinajstić information content (AvgIpc) is 1.95. The van der Waals surface area contributed by atoms with Gasteiger partial charge >= 0.3 is 15.5 Å². The monoisotopic (exact) mass is 247 g/mol. The third-order valence-corrected chi connectivity index (χ3v) is 4.13. The fourth-order valence-electron chi connectivity index (χ4n) is 1.25. The Morgan fingerprint density at radius 2 is 1.73 bits per heavy atom. The quantitative estimate of drug-likeness (QED) is 0.774. The van der Waals surface area contributed by atoms with Crippen LogP contribution in [-0.2, 0) is 10.0 Å². The molecule has 0 atom stereocenters. The molecule has 90 valence electrons. The Morgan fingerprint density at radius 3 is 2.00 bits per heavy atom. The molecule has 8 heteroatoms. The van der Waals surface area contributed by atoms with Crippen LogP contribution < -0.4 is 0 Å². The van der Waals surface area contributed by atoms with Gasteiger partial charge in [0.2, 0.25) is 0 Å². The van der Waals surface area contributed by atoms with E-state index in [-0.39, 0.29) is 10.2 Å². The first kappa shape index (κ1) is 12.7. The Kier molecular flexibility index (Phi) is 2.82. The normalized spacial score (nSPS) is 22.9. The minimum absolute atomic E-state index is 0.243. The number of aliphatic hydroxyl groups is 1. The van der Waals surface area contributed by atoms with Crippen molar-refractivity contribution < 1.29 is 26.7 Å². The van der Waals surface area contributed by atoms with Gasteiger partial charge in [0.05, 0.1) is 5.60 Å². The molecule has 0 spiro atoms. The average molecular weight is 247 g/mol. The summed E-state index contributed by atoms with van der Waals surface area (Å²) in [6, 6.07) is 0. The zero-order valence-corrected chi connectivity index (χ0v) is 9.06. The van der Waals surface area contributed by atoms with Gasteiger partial charge in [0.1, 0.15) is 0 Å². The summed E-state index contributed by atoms with van der Waals surface area (Å²) in [5, 5.41) is 9.61. The van der Waals surface area contributed by atoms with Crippen LogP contribution >= 0.6 is 0 Å². The van der Waals surface area contributed by atoms with Crippen LogP contribution in [0.2, 0.25) is 0 Å². The second-order valence-corrected chi connectivity index (χ2v) is 5.91. The Labute approximate surface area is 85.7 Å². The highest BCUT2D eigenvalue weighted by atomic mass is 32.2. The Morgan fingerprint density at radius 1 is 1.33 bits per heavy atom. The second-order valence-electron chi connectivity index (χ2n) is 3.98. The van der Waals surface area contributed by atoms with Gasteiger partial charge in [-0.15, -0.1) is 0 Å². The molecule has 1 aliphatic heterocycles. The predicted molar refractivity (Wildman–Crippen MR) is 46.3 cm³/mol. The van der Waals surface area contributed by atoms with Crippen molar-refractivity contribution in [2.24, 2.45) is 5.92 Å². The molecule has 1 heterocycles. The first-order valence-corrected chi connectivity index (χ1v) is 5.73. The van der Waals surface area contributed by atoms with Crippen molar-refractivity contribution >= 4 is 10.0 Å². The van der Waals surface area contributed by atoms with Crippen molar-refractivity contribution in [1.29, 1.82) is 0 Å². The molecule has 4 nitrogen and oxygen atoms in total. The summed E-state index contributed by atoms with van der Waals surface area (Å²) in [7, 11) is -5.27. The van der Waals surface area contributed by atoms with Gasteiger partial charge in [0, 0.05) is 13.1 Å². The molecule has 1 aliphatic rings. The third kappa shape index (κ3) is 1.98. The number of nitrogens with zero attached hydrogens (tertiary/aromatic N) is 1. The Balaban J connectivity index is 2.76. The van der Waals surface area contributed by atoms with E-state index in [1.165, 1.54) is 0 Å². The molecule has 0 unspecified atom stereocenters. The lowest BCUT2D eigenvalue weighted by molar-refractivity contribution is -0.106. The second kappa shape index (κ2) is 3.33. The summed E-state index contributed by atoms with van der Waals surface area (Å²) in [6.45, 7) is 2.26. The minimum Gasteiger partial charge on any atom is -0.387 e.